The van der Waals surface area contributed by atoms with Crippen LogP contribution in [0.2, 0.25) is 10.0 Å². The first-order valence-electron chi connectivity index (χ1n) is 5.51. The Morgan fingerprint density at radius 2 is 2.12 bits per heavy atom. The lowest BCUT2D eigenvalue weighted by atomic mass is 10.0. The normalized spacial score (nSPS) is 12.5. The molecule has 94 valence electrons. The standard InChI is InChI=1S/C12H16Cl2N2O/c1-2-11(17)12(16-6-5-15)8-3-4-9(13)10(14)7-8/h3-4,7,12,16H,2,5-6,15H2,1H3. The van der Waals surface area contributed by atoms with Gasteiger partial charge in [-0.1, -0.05) is 36.2 Å². The highest BCUT2D eigenvalue weighted by atomic mass is 35.5. The fraction of sp³-hybridized carbons (Fsp3) is 0.417. The van der Waals surface area contributed by atoms with Crippen molar-refractivity contribution in [2.75, 3.05) is 13.1 Å². The van der Waals surface area contributed by atoms with Gasteiger partial charge in [-0.3, -0.25) is 4.79 Å². The molecule has 17 heavy (non-hydrogen) atoms. The van der Waals surface area contributed by atoms with E-state index in [2.05, 4.69) is 5.32 Å². The maximum atomic E-state index is 11.8. The second-order valence-electron chi connectivity index (χ2n) is 3.67. The van der Waals surface area contributed by atoms with Crippen molar-refractivity contribution < 1.29 is 4.79 Å². The van der Waals surface area contributed by atoms with Gasteiger partial charge in [-0.25, -0.2) is 0 Å². The van der Waals surface area contributed by atoms with Crippen LogP contribution in [0, 0.1) is 0 Å². The highest BCUT2D eigenvalue weighted by Crippen LogP contribution is 2.26. The zero-order valence-electron chi connectivity index (χ0n) is 9.67. The van der Waals surface area contributed by atoms with E-state index in [9.17, 15) is 4.79 Å². The predicted molar refractivity (Wildman–Crippen MR) is 71.6 cm³/mol. The molecule has 0 aromatic heterocycles. The van der Waals surface area contributed by atoms with Gasteiger partial charge in [0.25, 0.3) is 0 Å². The molecule has 0 aliphatic carbocycles. The maximum absolute atomic E-state index is 11.8. The van der Waals surface area contributed by atoms with Gasteiger partial charge in [0.15, 0.2) is 5.78 Å². The lowest BCUT2D eigenvalue weighted by Gasteiger charge is -2.17. The Kier molecular flexibility index (Phi) is 5.92. The van der Waals surface area contributed by atoms with E-state index < -0.39 is 0 Å². The smallest absolute Gasteiger partial charge is 0.153 e. The summed E-state index contributed by atoms with van der Waals surface area (Å²) in [5, 5.41) is 4.04. The summed E-state index contributed by atoms with van der Waals surface area (Å²) in [5.41, 5.74) is 6.25. The van der Waals surface area contributed by atoms with Crippen molar-refractivity contribution in [1.82, 2.24) is 5.32 Å². The number of nitrogens with one attached hydrogen (secondary N) is 1. The van der Waals surface area contributed by atoms with E-state index in [0.29, 0.717) is 29.6 Å². The van der Waals surface area contributed by atoms with Crippen LogP contribution in [-0.4, -0.2) is 18.9 Å². The molecule has 1 aromatic rings. The SMILES string of the molecule is CCC(=O)C(NCCN)c1ccc(Cl)c(Cl)c1. The van der Waals surface area contributed by atoms with Crippen LogP contribution < -0.4 is 11.1 Å². The number of hydrogen-bond acceptors (Lipinski definition) is 3. The number of Topliss-reactive ketones (excluding diaryl/α,β-unsaturated/α-hetero) is 1. The molecule has 0 bridgehead atoms. The summed E-state index contributed by atoms with van der Waals surface area (Å²) < 4.78 is 0. The third-order valence-electron chi connectivity index (χ3n) is 2.44. The molecule has 1 rings (SSSR count). The molecule has 3 nitrogen and oxygen atoms in total. The van der Waals surface area contributed by atoms with Gasteiger partial charge < -0.3 is 11.1 Å². The molecule has 0 amide bonds. The second kappa shape index (κ2) is 6.97. The molecule has 0 saturated heterocycles. The number of halogens is 2. The van der Waals surface area contributed by atoms with E-state index >= 15 is 0 Å². The van der Waals surface area contributed by atoms with Crippen molar-refractivity contribution in [3.63, 3.8) is 0 Å². The Morgan fingerprint density at radius 1 is 1.41 bits per heavy atom. The predicted octanol–water partition coefficient (Wildman–Crippen LogP) is 2.56. The number of carbonyl (C=O) groups excluding carboxylic acids is 1. The number of carbonyl (C=O) groups is 1. The molecule has 0 aliphatic heterocycles. The van der Waals surface area contributed by atoms with Gasteiger partial charge in [-0.15, -0.1) is 0 Å². The Balaban J connectivity index is 2.95. The highest BCUT2D eigenvalue weighted by Gasteiger charge is 2.18. The molecule has 1 aromatic carbocycles. The van der Waals surface area contributed by atoms with Crippen molar-refractivity contribution in [2.45, 2.75) is 19.4 Å². The van der Waals surface area contributed by atoms with Gasteiger partial charge in [0.2, 0.25) is 0 Å². The first-order valence-corrected chi connectivity index (χ1v) is 6.26. The quantitative estimate of drug-likeness (QED) is 0.839. The highest BCUT2D eigenvalue weighted by molar-refractivity contribution is 6.42. The zero-order chi connectivity index (χ0) is 12.8. The first-order chi connectivity index (χ1) is 8.10. The average molecular weight is 275 g/mol. The molecule has 5 heteroatoms. The van der Waals surface area contributed by atoms with Crippen molar-refractivity contribution >= 4 is 29.0 Å². The molecule has 1 atom stereocenters. The lowest BCUT2D eigenvalue weighted by molar-refractivity contribution is -0.120. The van der Waals surface area contributed by atoms with Crippen LogP contribution in [0.15, 0.2) is 18.2 Å². The van der Waals surface area contributed by atoms with Crippen LogP contribution in [-0.2, 0) is 4.79 Å². The van der Waals surface area contributed by atoms with Gasteiger partial charge in [-0.05, 0) is 17.7 Å². The molecule has 0 heterocycles. The van der Waals surface area contributed by atoms with Crippen LogP contribution in [0.1, 0.15) is 24.9 Å². The Morgan fingerprint density at radius 3 is 2.65 bits per heavy atom. The number of benzene rings is 1. The Hall–Kier alpha value is -0.610. The average Bonchev–Trinajstić information content (AvgIpc) is 2.33. The number of ketones is 1. The monoisotopic (exact) mass is 274 g/mol. The van der Waals surface area contributed by atoms with E-state index in [-0.39, 0.29) is 11.8 Å². The summed E-state index contributed by atoms with van der Waals surface area (Å²) in [7, 11) is 0. The van der Waals surface area contributed by atoms with E-state index in [4.69, 9.17) is 28.9 Å². The first kappa shape index (κ1) is 14.5. The summed E-state index contributed by atoms with van der Waals surface area (Å²) in [4.78, 5) is 11.8. The van der Waals surface area contributed by atoms with E-state index in [1.807, 2.05) is 6.92 Å². The van der Waals surface area contributed by atoms with Crippen molar-refractivity contribution in [1.29, 1.82) is 0 Å². The van der Waals surface area contributed by atoms with Gasteiger partial charge in [0.1, 0.15) is 0 Å². The fourth-order valence-corrected chi connectivity index (χ4v) is 1.85. The van der Waals surface area contributed by atoms with Crippen LogP contribution in [0.3, 0.4) is 0 Å². The molecule has 0 spiro atoms. The minimum absolute atomic E-state index is 0.108. The number of hydrogen-bond donors (Lipinski definition) is 2. The molecule has 0 fully saturated rings. The number of nitrogens with two attached hydrogens (primary N) is 1. The maximum Gasteiger partial charge on any atom is 0.153 e. The van der Waals surface area contributed by atoms with Crippen molar-refractivity contribution in [2.24, 2.45) is 5.73 Å². The summed E-state index contributed by atoms with van der Waals surface area (Å²) in [5.74, 6) is 0.108. The summed E-state index contributed by atoms with van der Waals surface area (Å²) in [6.07, 6.45) is 0.461. The van der Waals surface area contributed by atoms with Gasteiger partial charge in [0, 0.05) is 19.5 Å². The molecule has 1 unspecified atom stereocenters. The second-order valence-corrected chi connectivity index (χ2v) is 4.48. The van der Waals surface area contributed by atoms with E-state index in [1.54, 1.807) is 18.2 Å². The topological polar surface area (TPSA) is 55.1 Å². The summed E-state index contributed by atoms with van der Waals surface area (Å²) in [6, 6.07) is 4.85. The fourth-order valence-electron chi connectivity index (χ4n) is 1.54. The molecule has 3 N–H and O–H groups in total. The minimum Gasteiger partial charge on any atom is -0.329 e. The third-order valence-corrected chi connectivity index (χ3v) is 3.18. The lowest BCUT2D eigenvalue weighted by Crippen LogP contribution is -2.32. The van der Waals surface area contributed by atoms with Gasteiger partial charge >= 0.3 is 0 Å². The van der Waals surface area contributed by atoms with E-state index in [0.717, 1.165) is 5.56 Å². The molecule has 0 saturated carbocycles. The van der Waals surface area contributed by atoms with Crippen LogP contribution in [0.5, 0.6) is 0 Å². The zero-order valence-corrected chi connectivity index (χ0v) is 11.2. The minimum atomic E-state index is -0.363. The molecule has 0 radical (unpaired) electrons. The van der Waals surface area contributed by atoms with Gasteiger partial charge in [-0.2, -0.15) is 0 Å². The van der Waals surface area contributed by atoms with Crippen molar-refractivity contribution in [3.8, 4) is 0 Å². The number of rotatable bonds is 6. The largest absolute Gasteiger partial charge is 0.329 e. The van der Waals surface area contributed by atoms with Crippen LogP contribution >= 0.6 is 23.2 Å². The molecule has 0 aliphatic rings. The van der Waals surface area contributed by atoms with Crippen LogP contribution in [0.25, 0.3) is 0 Å². The third kappa shape index (κ3) is 3.96. The molecular formula is C12H16Cl2N2O. The summed E-state index contributed by atoms with van der Waals surface area (Å²) in [6.45, 7) is 2.89. The summed E-state index contributed by atoms with van der Waals surface area (Å²) >= 11 is 11.8. The molecular weight excluding hydrogens is 259 g/mol. The van der Waals surface area contributed by atoms with Gasteiger partial charge in [0.05, 0.1) is 16.1 Å². The Labute approximate surface area is 111 Å². The van der Waals surface area contributed by atoms with E-state index in [1.165, 1.54) is 0 Å². The van der Waals surface area contributed by atoms with Crippen LogP contribution in [0.4, 0.5) is 0 Å². The Bertz CT molecular complexity index is 396. The van der Waals surface area contributed by atoms with Crippen molar-refractivity contribution in [3.05, 3.63) is 33.8 Å².